The first-order chi connectivity index (χ1) is 16.3. The number of hydrogen-bond acceptors (Lipinski definition) is 5. The number of nitrogens with one attached hydrogen (secondary N) is 3. The highest BCUT2D eigenvalue weighted by Crippen LogP contribution is 2.28. The number of nitrogens with zero attached hydrogens (tertiary/aromatic N) is 3. The molecule has 0 aliphatic carbocycles. The SMILES string of the molecule is O=C(NCCC1CC(F)(F)CCN1)c1ccc(-n2[nH]c3c(nnc4c(F)cccc43)c2=O)cc1. The van der Waals surface area contributed by atoms with Crippen LogP contribution in [-0.4, -0.2) is 50.9 Å². The summed E-state index contributed by atoms with van der Waals surface area (Å²) in [7, 11) is 0. The second-order valence-corrected chi connectivity index (χ2v) is 8.36. The van der Waals surface area contributed by atoms with Gasteiger partial charge in [0.1, 0.15) is 5.52 Å². The molecule has 8 nitrogen and oxygen atoms in total. The Balaban J connectivity index is 1.31. The van der Waals surface area contributed by atoms with Gasteiger partial charge >= 0.3 is 0 Å². The van der Waals surface area contributed by atoms with E-state index in [1.165, 1.54) is 16.8 Å². The zero-order valence-corrected chi connectivity index (χ0v) is 17.9. The number of halogens is 3. The molecule has 34 heavy (non-hydrogen) atoms. The zero-order chi connectivity index (χ0) is 23.9. The second kappa shape index (κ2) is 8.56. The smallest absolute Gasteiger partial charge is 0.299 e. The van der Waals surface area contributed by atoms with Crippen molar-refractivity contribution in [3.8, 4) is 5.69 Å². The lowest BCUT2D eigenvalue weighted by atomic mass is 9.98. The summed E-state index contributed by atoms with van der Waals surface area (Å²) >= 11 is 0. The quantitative estimate of drug-likeness (QED) is 0.416. The van der Waals surface area contributed by atoms with Crippen LogP contribution in [0.15, 0.2) is 47.3 Å². The maximum absolute atomic E-state index is 14.0. The minimum atomic E-state index is -2.66. The van der Waals surface area contributed by atoms with E-state index in [0.717, 1.165) is 0 Å². The summed E-state index contributed by atoms with van der Waals surface area (Å²) in [5.74, 6) is -3.54. The lowest BCUT2D eigenvalue weighted by Crippen LogP contribution is -2.45. The maximum atomic E-state index is 14.0. The Labute approximate surface area is 191 Å². The standard InChI is InChI=1S/C23H21F3N6O2/c24-17-3-1-2-16-18(17)29-30-20-19(16)31-32(22(20)34)15-6-4-13(5-7-15)21(33)28-10-8-14-12-23(25,26)9-11-27-14/h1-7,14,27,31H,8-12H2,(H,28,33). The molecule has 0 radical (unpaired) electrons. The van der Waals surface area contributed by atoms with Gasteiger partial charge in [0.05, 0.1) is 11.2 Å². The van der Waals surface area contributed by atoms with Crippen LogP contribution in [0.3, 0.4) is 0 Å². The number of carbonyl (C=O) groups excluding carboxylic acids is 1. The van der Waals surface area contributed by atoms with E-state index in [9.17, 15) is 22.8 Å². The van der Waals surface area contributed by atoms with E-state index >= 15 is 0 Å². The topological polar surface area (TPSA) is 105 Å². The number of fused-ring (bicyclic) bond motifs is 3. The lowest BCUT2D eigenvalue weighted by Gasteiger charge is -2.30. The number of piperidine rings is 1. The van der Waals surface area contributed by atoms with Crippen LogP contribution in [0.2, 0.25) is 0 Å². The molecule has 1 aliphatic rings. The summed E-state index contributed by atoms with van der Waals surface area (Å²) in [6.45, 7) is 0.522. The van der Waals surface area contributed by atoms with Gasteiger partial charge in [-0.15, -0.1) is 10.2 Å². The number of amides is 1. The highest BCUT2D eigenvalue weighted by Gasteiger charge is 2.35. The second-order valence-electron chi connectivity index (χ2n) is 8.36. The average molecular weight is 470 g/mol. The molecule has 2 aromatic carbocycles. The predicted octanol–water partition coefficient (Wildman–Crippen LogP) is 2.91. The van der Waals surface area contributed by atoms with E-state index in [-0.39, 0.29) is 48.9 Å². The number of benzene rings is 2. The van der Waals surface area contributed by atoms with Crippen molar-refractivity contribution in [1.82, 2.24) is 30.6 Å². The van der Waals surface area contributed by atoms with Gasteiger partial charge in [0.2, 0.25) is 0 Å². The van der Waals surface area contributed by atoms with Gasteiger partial charge in [0.25, 0.3) is 17.4 Å². The Morgan fingerprint density at radius 1 is 1.15 bits per heavy atom. The van der Waals surface area contributed by atoms with Crippen molar-refractivity contribution in [3.63, 3.8) is 0 Å². The molecule has 0 spiro atoms. The Kier molecular flexibility index (Phi) is 5.56. The highest BCUT2D eigenvalue weighted by atomic mass is 19.3. The van der Waals surface area contributed by atoms with Crippen LogP contribution in [0, 0.1) is 5.82 Å². The Morgan fingerprint density at radius 3 is 2.68 bits per heavy atom. The van der Waals surface area contributed by atoms with Crippen LogP contribution >= 0.6 is 0 Å². The molecule has 0 saturated carbocycles. The summed E-state index contributed by atoms with van der Waals surface area (Å²) in [6.07, 6.45) is 0.00390. The largest absolute Gasteiger partial charge is 0.352 e. The summed E-state index contributed by atoms with van der Waals surface area (Å²) in [4.78, 5) is 25.2. The molecule has 1 atom stereocenters. The number of aromatic amines is 1. The van der Waals surface area contributed by atoms with Crippen molar-refractivity contribution in [2.75, 3.05) is 13.1 Å². The number of hydrogen-bond donors (Lipinski definition) is 3. The minimum Gasteiger partial charge on any atom is -0.352 e. The van der Waals surface area contributed by atoms with Crippen molar-refractivity contribution in [1.29, 1.82) is 0 Å². The number of rotatable bonds is 5. The molecule has 1 amide bonds. The van der Waals surface area contributed by atoms with Crippen LogP contribution in [0.5, 0.6) is 0 Å². The van der Waals surface area contributed by atoms with Crippen molar-refractivity contribution in [2.24, 2.45) is 0 Å². The molecular weight excluding hydrogens is 449 g/mol. The lowest BCUT2D eigenvalue weighted by molar-refractivity contribution is -0.0417. The van der Waals surface area contributed by atoms with E-state index in [1.54, 1.807) is 30.3 Å². The average Bonchev–Trinajstić information content (AvgIpc) is 3.16. The van der Waals surface area contributed by atoms with Crippen LogP contribution in [0.4, 0.5) is 13.2 Å². The Morgan fingerprint density at radius 2 is 1.91 bits per heavy atom. The van der Waals surface area contributed by atoms with Gasteiger partial charge in [-0.1, -0.05) is 12.1 Å². The first-order valence-electron chi connectivity index (χ1n) is 10.9. The molecule has 1 aliphatic heterocycles. The fourth-order valence-corrected chi connectivity index (χ4v) is 4.23. The van der Waals surface area contributed by atoms with E-state index in [1.807, 2.05) is 0 Å². The summed E-state index contributed by atoms with van der Waals surface area (Å²) in [5, 5.41) is 16.9. The van der Waals surface area contributed by atoms with Gasteiger partial charge in [0.15, 0.2) is 11.3 Å². The molecule has 1 saturated heterocycles. The summed E-state index contributed by atoms with van der Waals surface area (Å²) in [6, 6.07) is 10.4. The van der Waals surface area contributed by atoms with E-state index < -0.39 is 17.3 Å². The van der Waals surface area contributed by atoms with Crippen molar-refractivity contribution >= 4 is 27.8 Å². The fourth-order valence-electron chi connectivity index (χ4n) is 4.23. The molecule has 2 aromatic heterocycles. The number of carbonyl (C=O) groups is 1. The molecule has 5 rings (SSSR count). The molecule has 3 N–H and O–H groups in total. The third kappa shape index (κ3) is 4.14. The minimum absolute atomic E-state index is 0.0579. The molecule has 176 valence electrons. The monoisotopic (exact) mass is 470 g/mol. The van der Waals surface area contributed by atoms with Gasteiger partial charge in [-0.25, -0.2) is 17.9 Å². The molecular formula is C23H21F3N6O2. The normalized spacial score (nSPS) is 17.8. The van der Waals surface area contributed by atoms with E-state index in [2.05, 4.69) is 25.9 Å². The predicted molar refractivity (Wildman–Crippen MR) is 120 cm³/mol. The Hall–Kier alpha value is -3.73. The van der Waals surface area contributed by atoms with Crippen molar-refractivity contribution < 1.29 is 18.0 Å². The first-order valence-corrected chi connectivity index (χ1v) is 10.9. The third-order valence-corrected chi connectivity index (χ3v) is 6.01. The molecule has 1 fully saturated rings. The van der Waals surface area contributed by atoms with Crippen molar-refractivity contribution in [2.45, 2.75) is 31.2 Å². The van der Waals surface area contributed by atoms with Gasteiger partial charge in [-0.3, -0.25) is 14.7 Å². The number of alkyl halides is 2. The van der Waals surface area contributed by atoms with Crippen molar-refractivity contribution in [3.05, 3.63) is 64.2 Å². The van der Waals surface area contributed by atoms with E-state index in [0.29, 0.717) is 28.6 Å². The van der Waals surface area contributed by atoms with Crippen LogP contribution in [-0.2, 0) is 0 Å². The molecule has 3 heterocycles. The van der Waals surface area contributed by atoms with Gasteiger partial charge in [-0.2, -0.15) is 0 Å². The van der Waals surface area contributed by atoms with Gasteiger partial charge < -0.3 is 10.6 Å². The van der Waals surface area contributed by atoms with Gasteiger partial charge in [-0.05, 0) is 36.8 Å². The molecule has 11 heteroatoms. The maximum Gasteiger partial charge on any atom is 0.299 e. The molecule has 1 unspecified atom stereocenters. The number of H-pyrrole nitrogens is 1. The number of aromatic nitrogens is 4. The van der Waals surface area contributed by atoms with Gasteiger partial charge in [0, 0.05) is 42.9 Å². The first kappa shape index (κ1) is 22.1. The summed E-state index contributed by atoms with van der Waals surface area (Å²) in [5.41, 5.74) is 0.852. The zero-order valence-electron chi connectivity index (χ0n) is 17.9. The molecule has 4 aromatic rings. The molecule has 0 bridgehead atoms. The highest BCUT2D eigenvalue weighted by molar-refractivity contribution is 6.01. The van der Waals surface area contributed by atoms with Crippen LogP contribution < -0.4 is 16.2 Å². The fraction of sp³-hybridized carbons (Fsp3) is 0.304. The third-order valence-electron chi connectivity index (χ3n) is 6.01. The van der Waals surface area contributed by atoms with Crippen LogP contribution in [0.1, 0.15) is 29.6 Å². The van der Waals surface area contributed by atoms with Crippen LogP contribution in [0.25, 0.3) is 27.6 Å². The summed E-state index contributed by atoms with van der Waals surface area (Å²) < 4.78 is 42.3. The van der Waals surface area contributed by atoms with E-state index in [4.69, 9.17) is 0 Å². The Bertz CT molecular complexity index is 1430.